The number of para-hydroxylation sites is 1. The number of imide groups is 1. The number of nitrogens with one attached hydrogen (secondary N) is 2. The molecule has 308 valence electrons. The van der Waals surface area contributed by atoms with Crippen LogP contribution in [0.2, 0.25) is 5.02 Å². The molecule has 6 aromatic carbocycles. The SMILES string of the molecule is O=C1Cc2cccc(Oc3ccccc3CCCCCOCCOc3ccc(-c4ccc5ncnc(Nc6ccc(OCc7cccc(F)c7)c(Cl)c6)c5c4)cc3)c2C(=O)N1. The number of ether oxygens (including phenoxy) is 4. The van der Waals surface area contributed by atoms with Gasteiger partial charge in [0.25, 0.3) is 5.91 Å². The van der Waals surface area contributed by atoms with Crippen LogP contribution < -0.4 is 24.8 Å². The Hall–Kier alpha value is -6.82. The molecule has 2 amide bonds. The molecule has 0 bridgehead atoms. The summed E-state index contributed by atoms with van der Waals surface area (Å²) in [4.78, 5) is 33.4. The van der Waals surface area contributed by atoms with Crippen LogP contribution in [-0.2, 0) is 29.0 Å². The van der Waals surface area contributed by atoms with Gasteiger partial charge in [0.1, 0.15) is 54.2 Å². The van der Waals surface area contributed by atoms with Gasteiger partial charge in [-0.25, -0.2) is 14.4 Å². The number of nitrogens with zero attached hydrogens (tertiary/aromatic N) is 2. The molecule has 2 heterocycles. The number of rotatable bonds is 18. The molecule has 0 fully saturated rings. The highest BCUT2D eigenvalue weighted by Gasteiger charge is 2.26. The van der Waals surface area contributed by atoms with Crippen molar-refractivity contribution in [2.75, 3.05) is 25.1 Å². The van der Waals surface area contributed by atoms with E-state index >= 15 is 0 Å². The van der Waals surface area contributed by atoms with E-state index < -0.39 is 5.91 Å². The summed E-state index contributed by atoms with van der Waals surface area (Å²) in [5.74, 6) is 1.97. The van der Waals surface area contributed by atoms with Gasteiger partial charge in [-0.1, -0.05) is 78.7 Å². The number of hydrogen-bond acceptors (Lipinski definition) is 9. The summed E-state index contributed by atoms with van der Waals surface area (Å²) in [7, 11) is 0. The number of carbonyl (C=O) groups excluding carboxylic acids is 2. The zero-order valence-electron chi connectivity index (χ0n) is 33.2. The summed E-state index contributed by atoms with van der Waals surface area (Å²) in [5.41, 5.74) is 6.38. The van der Waals surface area contributed by atoms with Crippen molar-refractivity contribution in [2.45, 2.75) is 38.7 Å². The van der Waals surface area contributed by atoms with E-state index in [1.807, 2.05) is 66.7 Å². The molecule has 0 saturated carbocycles. The standard InChI is InChI=1S/C49H42ClFN4O6/c50-41-29-38(18-22-44(41)60-30-32-8-6-12-37(51)26-32)54-48-40-27-35(17-21-42(40)52-31-53-48)33-15-19-39(20-16-33)59-25-24-58-23-5-1-2-9-34-10-3-4-13-43(34)61-45-14-7-11-36-28-46(56)55-49(57)47(36)45/h3-4,6-8,10-22,26-27,29,31H,1-2,5,9,23-25,28,30H2,(H,52,53,54)(H,55,56,57). The van der Waals surface area contributed by atoms with Crippen LogP contribution >= 0.6 is 11.6 Å². The Kier molecular flexibility index (Phi) is 13.1. The van der Waals surface area contributed by atoms with Crippen LogP contribution in [-0.4, -0.2) is 41.6 Å². The maximum Gasteiger partial charge on any atom is 0.261 e. The van der Waals surface area contributed by atoms with Crippen molar-refractivity contribution in [3.63, 3.8) is 0 Å². The molecule has 0 saturated heterocycles. The van der Waals surface area contributed by atoms with Crippen LogP contribution in [0.3, 0.4) is 0 Å². The number of amides is 2. The molecule has 1 aliphatic heterocycles. The highest BCUT2D eigenvalue weighted by Crippen LogP contribution is 2.34. The van der Waals surface area contributed by atoms with E-state index in [0.29, 0.717) is 64.6 Å². The van der Waals surface area contributed by atoms with Crippen molar-refractivity contribution in [2.24, 2.45) is 0 Å². The first-order chi connectivity index (χ1) is 29.9. The lowest BCUT2D eigenvalue weighted by Gasteiger charge is -2.19. The van der Waals surface area contributed by atoms with Crippen LogP contribution in [0.5, 0.6) is 23.0 Å². The number of fused-ring (bicyclic) bond motifs is 2. The fraction of sp³-hybridized carbons (Fsp3) is 0.184. The fourth-order valence-corrected chi connectivity index (χ4v) is 7.35. The molecule has 10 nitrogen and oxygen atoms in total. The second kappa shape index (κ2) is 19.5. The Morgan fingerprint density at radius 3 is 2.43 bits per heavy atom. The molecule has 0 radical (unpaired) electrons. The molecule has 0 spiro atoms. The number of unbranched alkanes of at least 4 members (excludes halogenated alkanes) is 2. The van der Waals surface area contributed by atoms with Gasteiger partial charge < -0.3 is 24.3 Å². The average Bonchev–Trinajstić information content (AvgIpc) is 3.26. The van der Waals surface area contributed by atoms with Gasteiger partial charge in [-0.2, -0.15) is 0 Å². The predicted octanol–water partition coefficient (Wildman–Crippen LogP) is 10.8. The molecule has 2 N–H and O–H groups in total. The first-order valence-electron chi connectivity index (χ1n) is 20.1. The number of carbonyl (C=O) groups is 2. The van der Waals surface area contributed by atoms with Crippen LogP contribution in [0.4, 0.5) is 15.9 Å². The number of hydrogen-bond donors (Lipinski definition) is 2. The van der Waals surface area contributed by atoms with Crippen molar-refractivity contribution in [3.05, 3.63) is 167 Å². The Bertz CT molecular complexity index is 2680. The van der Waals surface area contributed by atoms with Crippen molar-refractivity contribution in [3.8, 4) is 34.1 Å². The number of halogens is 2. The van der Waals surface area contributed by atoms with Gasteiger partial charge in [-0.15, -0.1) is 0 Å². The summed E-state index contributed by atoms with van der Waals surface area (Å²) < 4.78 is 37.4. The van der Waals surface area contributed by atoms with Gasteiger partial charge in [0.05, 0.1) is 29.1 Å². The van der Waals surface area contributed by atoms with E-state index in [1.165, 1.54) is 18.5 Å². The summed E-state index contributed by atoms with van der Waals surface area (Å²) in [6.07, 6.45) is 5.35. The number of anilines is 2. The highest BCUT2D eigenvalue weighted by molar-refractivity contribution is 6.32. The van der Waals surface area contributed by atoms with Crippen LogP contribution in [0.1, 0.15) is 46.3 Å². The Morgan fingerprint density at radius 2 is 1.56 bits per heavy atom. The average molecular weight is 837 g/mol. The topological polar surface area (TPSA) is 121 Å². The molecule has 0 atom stereocenters. The van der Waals surface area contributed by atoms with Crippen molar-refractivity contribution >= 4 is 45.8 Å². The Labute approximate surface area is 357 Å². The number of aryl methyl sites for hydroxylation is 1. The summed E-state index contributed by atoms with van der Waals surface area (Å²) in [5, 5.41) is 7.00. The number of aromatic nitrogens is 2. The molecule has 12 heteroatoms. The maximum absolute atomic E-state index is 13.6. The van der Waals surface area contributed by atoms with Gasteiger partial charge in [0.15, 0.2) is 0 Å². The van der Waals surface area contributed by atoms with E-state index in [0.717, 1.165) is 64.7 Å². The molecule has 8 rings (SSSR count). The third-order valence-electron chi connectivity index (χ3n) is 10.2. The predicted molar refractivity (Wildman–Crippen MR) is 233 cm³/mol. The van der Waals surface area contributed by atoms with Crippen molar-refractivity contribution < 1.29 is 32.9 Å². The van der Waals surface area contributed by atoms with Gasteiger partial charge >= 0.3 is 0 Å². The summed E-state index contributed by atoms with van der Waals surface area (Å²) in [6, 6.07) is 38.8. The smallest absolute Gasteiger partial charge is 0.261 e. The monoisotopic (exact) mass is 836 g/mol. The minimum Gasteiger partial charge on any atom is -0.491 e. The molecule has 0 unspecified atom stereocenters. The third kappa shape index (κ3) is 10.5. The van der Waals surface area contributed by atoms with Gasteiger partial charge in [-0.3, -0.25) is 14.9 Å². The van der Waals surface area contributed by atoms with E-state index in [-0.39, 0.29) is 24.8 Å². The molecule has 61 heavy (non-hydrogen) atoms. The van der Waals surface area contributed by atoms with Crippen molar-refractivity contribution in [1.82, 2.24) is 15.3 Å². The van der Waals surface area contributed by atoms with E-state index in [4.69, 9.17) is 30.5 Å². The molecule has 1 aliphatic rings. The van der Waals surface area contributed by atoms with Gasteiger partial charge in [-0.05, 0) is 114 Å². The van der Waals surface area contributed by atoms with E-state index in [2.05, 4.69) is 26.7 Å². The minimum atomic E-state index is -0.430. The third-order valence-corrected chi connectivity index (χ3v) is 10.5. The largest absolute Gasteiger partial charge is 0.491 e. The van der Waals surface area contributed by atoms with Crippen molar-refractivity contribution in [1.29, 1.82) is 0 Å². The van der Waals surface area contributed by atoms with Gasteiger partial charge in [0.2, 0.25) is 5.91 Å². The first kappa shape index (κ1) is 40.9. The Balaban J connectivity index is 0.772. The van der Waals surface area contributed by atoms with Crippen LogP contribution in [0.15, 0.2) is 134 Å². The number of benzene rings is 6. The second-order valence-corrected chi connectivity index (χ2v) is 14.9. The normalized spacial score (nSPS) is 12.2. The lowest BCUT2D eigenvalue weighted by Crippen LogP contribution is -2.37. The first-order valence-corrected chi connectivity index (χ1v) is 20.5. The highest BCUT2D eigenvalue weighted by atomic mass is 35.5. The molecule has 7 aromatic rings. The summed E-state index contributed by atoms with van der Waals surface area (Å²) >= 11 is 6.55. The van der Waals surface area contributed by atoms with Crippen LogP contribution in [0, 0.1) is 5.82 Å². The molecule has 1 aromatic heterocycles. The van der Waals surface area contributed by atoms with Gasteiger partial charge in [0, 0.05) is 17.7 Å². The second-order valence-electron chi connectivity index (χ2n) is 14.5. The zero-order chi connectivity index (χ0) is 42.0. The maximum atomic E-state index is 13.6. The van der Waals surface area contributed by atoms with E-state index in [1.54, 1.807) is 42.5 Å². The molecular formula is C49H42ClFN4O6. The fourth-order valence-electron chi connectivity index (χ4n) is 7.12. The summed E-state index contributed by atoms with van der Waals surface area (Å²) in [6.45, 7) is 1.75. The van der Waals surface area contributed by atoms with E-state index in [9.17, 15) is 14.0 Å². The lowest BCUT2D eigenvalue weighted by molar-refractivity contribution is -0.119. The Morgan fingerprint density at radius 1 is 0.721 bits per heavy atom. The van der Waals surface area contributed by atoms with Crippen LogP contribution in [0.25, 0.3) is 22.0 Å². The molecule has 0 aliphatic carbocycles. The zero-order valence-corrected chi connectivity index (χ0v) is 33.9. The minimum absolute atomic E-state index is 0.155. The quantitative estimate of drug-likeness (QED) is 0.0643. The lowest BCUT2D eigenvalue weighted by atomic mass is 9.99. The molecular weight excluding hydrogens is 795 g/mol.